The first kappa shape index (κ1) is 10.7. The van der Waals surface area contributed by atoms with Crippen LogP contribution in [-0.4, -0.2) is 35.0 Å². The van der Waals surface area contributed by atoms with Crippen LogP contribution in [0.15, 0.2) is 17.1 Å². The number of rotatable bonds is 5. The maximum atomic E-state index is 11.0. The molecule has 0 amide bonds. The fourth-order valence-electron chi connectivity index (χ4n) is 1.27. The number of nitrogens with zero attached hydrogens (tertiary/aromatic N) is 2. The van der Waals surface area contributed by atoms with Crippen molar-refractivity contribution < 1.29 is 5.11 Å². The number of hydrogen-bond donors (Lipinski definition) is 2. The normalized spacial score (nSPS) is 10.1. The fourth-order valence-corrected chi connectivity index (χ4v) is 1.27. The van der Waals surface area contributed by atoms with Gasteiger partial charge in [-0.05, 0) is 13.3 Å². The second kappa shape index (κ2) is 5.39. The third-order valence-electron chi connectivity index (χ3n) is 1.98. The molecule has 0 fully saturated rings. The van der Waals surface area contributed by atoms with E-state index in [4.69, 9.17) is 5.11 Å². The Morgan fingerprint density at radius 1 is 1.64 bits per heavy atom. The van der Waals surface area contributed by atoms with E-state index in [1.165, 1.54) is 6.07 Å². The zero-order valence-electron chi connectivity index (χ0n) is 8.23. The highest BCUT2D eigenvalue weighted by Gasteiger charge is 2.03. The third-order valence-corrected chi connectivity index (χ3v) is 1.98. The molecule has 0 bridgehead atoms. The Kier molecular flexibility index (Phi) is 4.12. The Balaban J connectivity index is 2.73. The molecule has 0 spiro atoms. The van der Waals surface area contributed by atoms with Crippen molar-refractivity contribution >= 4 is 5.69 Å². The van der Waals surface area contributed by atoms with Crippen LogP contribution in [0.2, 0.25) is 0 Å². The topological polar surface area (TPSA) is 69.2 Å². The molecule has 5 heteroatoms. The average molecular weight is 197 g/mol. The number of aliphatic hydroxyl groups excluding tert-OH is 1. The first-order valence-electron chi connectivity index (χ1n) is 4.68. The molecule has 0 radical (unpaired) electrons. The number of hydrogen-bond acceptors (Lipinski definition) is 4. The Morgan fingerprint density at radius 3 is 3.00 bits per heavy atom. The maximum Gasteiger partial charge on any atom is 0.266 e. The number of H-pyrrole nitrogens is 1. The predicted octanol–water partition coefficient (Wildman–Crippen LogP) is -0.0214. The fraction of sp³-hybridized carbons (Fsp3) is 0.556. The summed E-state index contributed by atoms with van der Waals surface area (Å²) in [5.74, 6) is 0. The van der Waals surface area contributed by atoms with Gasteiger partial charge in [0.25, 0.3) is 5.56 Å². The van der Waals surface area contributed by atoms with Crippen molar-refractivity contribution in [3.8, 4) is 0 Å². The molecule has 0 aromatic carbocycles. The number of aromatic nitrogens is 2. The molecule has 0 aliphatic heterocycles. The van der Waals surface area contributed by atoms with Gasteiger partial charge in [0.05, 0.1) is 11.9 Å². The summed E-state index contributed by atoms with van der Waals surface area (Å²) in [6.07, 6.45) is 2.31. The number of aromatic amines is 1. The summed E-state index contributed by atoms with van der Waals surface area (Å²) >= 11 is 0. The molecular weight excluding hydrogens is 182 g/mol. The predicted molar refractivity (Wildman–Crippen MR) is 54.4 cm³/mol. The monoisotopic (exact) mass is 197 g/mol. The largest absolute Gasteiger partial charge is 0.396 e. The minimum Gasteiger partial charge on any atom is -0.396 e. The highest BCUT2D eigenvalue weighted by Crippen LogP contribution is 2.08. The molecule has 1 aromatic heterocycles. The first-order valence-corrected chi connectivity index (χ1v) is 4.68. The molecule has 0 aliphatic rings. The molecule has 0 aliphatic carbocycles. The lowest BCUT2D eigenvalue weighted by molar-refractivity contribution is 0.289. The molecule has 14 heavy (non-hydrogen) atoms. The molecule has 1 aromatic rings. The lowest BCUT2D eigenvalue weighted by Crippen LogP contribution is -2.26. The molecule has 0 atom stereocenters. The first-order chi connectivity index (χ1) is 6.77. The lowest BCUT2D eigenvalue weighted by atomic mass is 10.3. The Bertz CT molecular complexity index is 324. The van der Waals surface area contributed by atoms with Crippen LogP contribution in [0.3, 0.4) is 0 Å². The Labute approximate surface area is 82.4 Å². The van der Waals surface area contributed by atoms with E-state index in [0.717, 1.165) is 18.8 Å². The zero-order valence-corrected chi connectivity index (χ0v) is 8.23. The maximum absolute atomic E-state index is 11.0. The van der Waals surface area contributed by atoms with Gasteiger partial charge >= 0.3 is 0 Å². The van der Waals surface area contributed by atoms with Gasteiger partial charge in [0.1, 0.15) is 0 Å². The minimum atomic E-state index is -0.204. The van der Waals surface area contributed by atoms with E-state index in [1.807, 2.05) is 11.8 Å². The summed E-state index contributed by atoms with van der Waals surface area (Å²) in [5.41, 5.74) is 0.592. The quantitative estimate of drug-likeness (QED) is 0.696. The van der Waals surface area contributed by atoms with Crippen LogP contribution in [0.1, 0.15) is 13.3 Å². The van der Waals surface area contributed by atoms with Gasteiger partial charge in [-0.3, -0.25) is 4.79 Å². The van der Waals surface area contributed by atoms with Crippen molar-refractivity contribution in [3.05, 3.63) is 22.6 Å². The summed E-state index contributed by atoms with van der Waals surface area (Å²) in [5, 5.41) is 14.7. The van der Waals surface area contributed by atoms with E-state index < -0.39 is 0 Å². The molecule has 5 nitrogen and oxygen atoms in total. The zero-order chi connectivity index (χ0) is 10.4. The van der Waals surface area contributed by atoms with Gasteiger partial charge in [-0.2, -0.15) is 5.10 Å². The van der Waals surface area contributed by atoms with Crippen molar-refractivity contribution in [1.29, 1.82) is 0 Å². The van der Waals surface area contributed by atoms with Gasteiger partial charge < -0.3 is 10.0 Å². The standard InChI is InChI=1S/C9H15N3O2/c1-2-12(4-3-5-13)8-6-9(14)11-10-7-8/h6-7,13H,2-5H2,1H3,(H,11,14). The van der Waals surface area contributed by atoms with Crippen molar-refractivity contribution in [2.24, 2.45) is 0 Å². The van der Waals surface area contributed by atoms with Crippen LogP contribution in [0.5, 0.6) is 0 Å². The molecule has 0 saturated heterocycles. The van der Waals surface area contributed by atoms with Gasteiger partial charge in [-0.1, -0.05) is 0 Å². The summed E-state index contributed by atoms with van der Waals surface area (Å²) < 4.78 is 0. The smallest absolute Gasteiger partial charge is 0.266 e. The van der Waals surface area contributed by atoms with Gasteiger partial charge in [0.15, 0.2) is 0 Å². The van der Waals surface area contributed by atoms with Crippen LogP contribution in [-0.2, 0) is 0 Å². The van der Waals surface area contributed by atoms with Crippen LogP contribution in [0.25, 0.3) is 0 Å². The molecule has 1 rings (SSSR count). The van der Waals surface area contributed by atoms with Crippen LogP contribution >= 0.6 is 0 Å². The summed E-state index contributed by atoms with van der Waals surface area (Å²) in [7, 11) is 0. The Hall–Kier alpha value is -1.36. The van der Waals surface area contributed by atoms with Crippen LogP contribution < -0.4 is 10.5 Å². The average Bonchev–Trinajstić information content (AvgIpc) is 2.19. The van der Waals surface area contributed by atoms with Crippen LogP contribution in [0, 0.1) is 0 Å². The second-order valence-corrected chi connectivity index (χ2v) is 2.96. The van der Waals surface area contributed by atoms with Crippen LogP contribution in [0.4, 0.5) is 5.69 Å². The Morgan fingerprint density at radius 2 is 2.43 bits per heavy atom. The second-order valence-electron chi connectivity index (χ2n) is 2.96. The van der Waals surface area contributed by atoms with Crippen molar-refractivity contribution in [2.75, 3.05) is 24.6 Å². The summed E-state index contributed by atoms with van der Waals surface area (Å²) in [6.45, 7) is 3.69. The summed E-state index contributed by atoms with van der Waals surface area (Å²) in [6, 6.07) is 1.51. The third kappa shape index (κ3) is 2.85. The van der Waals surface area contributed by atoms with Crippen molar-refractivity contribution in [1.82, 2.24) is 10.2 Å². The molecule has 2 N–H and O–H groups in total. The van der Waals surface area contributed by atoms with Gasteiger partial charge in [0, 0.05) is 25.8 Å². The highest BCUT2D eigenvalue weighted by molar-refractivity contribution is 5.42. The number of anilines is 1. The molecule has 78 valence electrons. The molecule has 1 heterocycles. The molecule has 0 saturated carbocycles. The molecular formula is C9H15N3O2. The minimum absolute atomic E-state index is 0.160. The van der Waals surface area contributed by atoms with Gasteiger partial charge in [0.2, 0.25) is 0 Å². The van der Waals surface area contributed by atoms with E-state index in [0.29, 0.717) is 6.42 Å². The van der Waals surface area contributed by atoms with Gasteiger partial charge in [-0.25, -0.2) is 5.10 Å². The van der Waals surface area contributed by atoms with E-state index in [-0.39, 0.29) is 12.2 Å². The van der Waals surface area contributed by atoms with E-state index >= 15 is 0 Å². The van der Waals surface area contributed by atoms with Gasteiger partial charge in [-0.15, -0.1) is 0 Å². The van der Waals surface area contributed by atoms with E-state index in [1.54, 1.807) is 6.20 Å². The SMILES string of the molecule is CCN(CCCO)c1cn[nH]c(=O)c1. The number of aliphatic hydroxyl groups is 1. The summed E-state index contributed by atoms with van der Waals surface area (Å²) in [4.78, 5) is 13.0. The molecule has 0 unspecified atom stereocenters. The van der Waals surface area contributed by atoms with E-state index in [2.05, 4.69) is 10.2 Å². The van der Waals surface area contributed by atoms with Crippen molar-refractivity contribution in [2.45, 2.75) is 13.3 Å². The van der Waals surface area contributed by atoms with Crippen molar-refractivity contribution in [3.63, 3.8) is 0 Å². The van der Waals surface area contributed by atoms with E-state index in [9.17, 15) is 4.79 Å². The number of nitrogens with one attached hydrogen (secondary N) is 1. The lowest BCUT2D eigenvalue weighted by Gasteiger charge is -2.21. The highest BCUT2D eigenvalue weighted by atomic mass is 16.3.